The summed E-state index contributed by atoms with van der Waals surface area (Å²) in [5, 5.41) is 6.73. The van der Waals surface area contributed by atoms with Crippen molar-refractivity contribution in [1.29, 1.82) is 0 Å². The fourth-order valence-electron chi connectivity index (χ4n) is 1.70. The second-order valence-corrected chi connectivity index (χ2v) is 4.72. The predicted molar refractivity (Wildman–Crippen MR) is 89.1 cm³/mol. The van der Waals surface area contributed by atoms with Crippen molar-refractivity contribution in [3.8, 4) is 11.5 Å². The number of thiocarbonyl (C=S) groups is 1. The van der Waals surface area contributed by atoms with Crippen molar-refractivity contribution in [2.75, 3.05) is 25.6 Å². The van der Waals surface area contributed by atoms with Crippen molar-refractivity contribution in [3.05, 3.63) is 54.6 Å². The second kappa shape index (κ2) is 8.24. The average Bonchev–Trinajstić information content (AvgIpc) is 2.49. The van der Waals surface area contributed by atoms with Gasteiger partial charge < -0.3 is 20.1 Å². The number of ether oxygens (including phenoxy) is 2. The lowest BCUT2D eigenvalue weighted by Gasteiger charge is -2.11. The highest BCUT2D eigenvalue weighted by molar-refractivity contribution is 7.80. The Hall–Kier alpha value is -2.11. The molecule has 0 spiro atoms. The van der Waals surface area contributed by atoms with Crippen LogP contribution in [0.15, 0.2) is 54.6 Å². The van der Waals surface area contributed by atoms with Crippen LogP contribution in [0, 0.1) is 0 Å². The Labute approximate surface area is 130 Å². The van der Waals surface area contributed by atoms with Crippen LogP contribution in [-0.2, 0) is 4.74 Å². The molecule has 0 aromatic heterocycles. The molecule has 0 bridgehead atoms. The third-order valence-electron chi connectivity index (χ3n) is 2.66. The van der Waals surface area contributed by atoms with Crippen LogP contribution in [0.2, 0.25) is 0 Å². The van der Waals surface area contributed by atoms with Crippen LogP contribution >= 0.6 is 12.2 Å². The molecule has 0 atom stereocenters. The van der Waals surface area contributed by atoms with Crippen LogP contribution in [0.25, 0.3) is 0 Å². The highest BCUT2D eigenvalue weighted by Gasteiger charge is 2.01. The first kappa shape index (κ1) is 15.3. The van der Waals surface area contributed by atoms with Gasteiger partial charge in [0.25, 0.3) is 0 Å². The summed E-state index contributed by atoms with van der Waals surface area (Å²) in [4.78, 5) is 0. The number of nitrogens with one attached hydrogen (secondary N) is 2. The molecule has 5 heteroatoms. The van der Waals surface area contributed by atoms with Gasteiger partial charge in [0, 0.05) is 25.4 Å². The zero-order valence-corrected chi connectivity index (χ0v) is 12.7. The topological polar surface area (TPSA) is 42.5 Å². The maximum absolute atomic E-state index is 5.78. The van der Waals surface area contributed by atoms with Crippen molar-refractivity contribution in [2.24, 2.45) is 0 Å². The number of anilines is 1. The summed E-state index contributed by atoms with van der Waals surface area (Å²) in [5.74, 6) is 1.56. The van der Waals surface area contributed by atoms with Gasteiger partial charge in [0.2, 0.25) is 0 Å². The summed E-state index contributed by atoms with van der Waals surface area (Å²) in [6, 6.07) is 17.3. The SMILES string of the molecule is COCCNC(=S)Nc1cccc(Oc2ccccc2)c1. The minimum Gasteiger partial charge on any atom is -0.457 e. The zero-order valence-electron chi connectivity index (χ0n) is 11.8. The molecule has 21 heavy (non-hydrogen) atoms. The van der Waals surface area contributed by atoms with Crippen LogP contribution < -0.4 is 15.4 Å². The maximum atomic E-state index is 5.78. The molecule has 0 aliphatic heterocycles. The van der Waals surface area contributed by atoms with Gasteiger partial charge in [0.1, 0.15) is 11.5 Å². The largest absolute Gasteiger partial charge is 0.457 e. The Balaban J connectivity index is 1.93. The van der Waals surface area contributed by atoms with E-state index in [1.807, 2.05) is 54.6 Å². The first-order valence-corrected chi connectivity index (χ1v) is 7.05. The van der Waals surface area contributed by atoms with Crippen molar-refractivity contribution in [1.82, 2.24) is 5.32 Å². The molecule has 0 radical (unpaired) electrons. The van der Waals surface area contributed by atoms with E-state index in [0.29, 0.717) is 18.3 Å². The number of hydrogen-bond donors (Lipinski definition) is 2. The van der Waals surface area contributed by atoms with Gasteiger partial charge in [-0.2, -0.15) is 0 Å². The molecule has 2 N–H and O–H groups in total. The van der Waals surface area contributed by atoms with E-state index in [-0.39, 0.29) is 0 Å². The molecule has 2 rings (SSSR count). The quantitative estimate of drug-likeness (QED) is 0.632. The summed E-state index contributed by atoms with van der Waals surface area (Å²) in [7, 11) is 1.66. The van der Waals surface area contributed by atoms with Gasteiger partial charge in [-0.05, 0) is 36.5 Å². The third-order valence-corrected chi connectivity index (χ3v) is 2.91. The minimum atomic E-state index is 0.559. The fourth-order valence-corrected chi connectivity index (χ4v) is 1.92. The lowest BCUT2D eigenvalue weighted by molar-refractivity contribution is 0.204. The molecule has 0 aliphatic rings. The first-order valence-electron chi connectivity index (χ1n) is 6.64. The molecule has 4 nitrogen and oxygen atoms in total. The van der Waals surface area contributed by atoms with Crippen molar-refractivity contribution in [2.45, 2.75) is 0 Å². The minimum absolute atomic E-state index is 0.559. The van der Waals surface area contributed by atoms with Crippen molar-refractivity contribution < 1.29 is 9.47 Å². The molecule has 0 aliphatic carbocycles. The molecular formula is C16H18N2O2S. The highest BCUT2D eigenvalue weighted by atomic mass is 32.1. The third kappa shape index (κ3) is 5.41. The summed E-state index contributed by atoms with van der Waals surface area (Å²) in [5.41, 5.74) is 0.873. The van der Waals surface area contributed by atoms with Crippen molar-refractivity contribution >= 4 is 23.0 Å². The molecule has 0 fully saturated rings. The van der Waals surface area contributed by atoms with Crippen LogP contribution in [0.1, 0.15) is 0 Å². The van der Waals surface area contributed by atoms with E-state index in [0.717, 1.165) is 17.2 Å². The maximum Gasteiger partial charge on any atom is 0.170 e. The molecular weight excluding hydrogens is 284 g/mol. The van der Waals surface area contributed by atoms with Crippen molar-refractivity contribution in [3.63, 3.8) is 0 Å². The van der Waals surface area contributed by atoms with E-state index < -0.39 is 0 Å². The number of para-hydroxylation sites is 1. The van der Waals surface area contributed by atoms with Crippen LogP contribution in [0.3, 0.4) is 0 Å². The van der Waals surface area contributed by atoms with Gasteiger partial charge >= 0.3 is 0 Å². The monoisotopic (exact) mass is 302 g/mol. The predicted octanol–water partition coefficient (Wildman–Crippen LogP) is 3.41. The zero-order chi connectivity index (χ0) is 14.9. The van der Waals surface area contributed by atoms with Gasteiger partial charge in [-0.3, -0.25) is 0 Å². The lowest BCUT2D eigenvalue weighted by atomic mass is 10.3. The first-order chi connectivity index (χ1) is 10.3. The Bertz CT molecular complexity index is 575. The van der Waals surface area contributed by atoms with E-state index in [1.54, 1.807) is 7.11 Å². The van der Waals surface area contributed by atoms with Gasteiger partial charge in [0.05, 0.1) is 6.61 Å². The Morgan fingerprint density at radius 2 is 1.81 bits per heavy atom. The number of benzene rings is 2. The van der Waals surface area contributed by atoms with E-state index in [4.69, 9.17) is 21.7 Å². The van der Waals surface area contributed by atoms with E-state index in [2.05, 4.69) is 10.6 Å². The van der Waals surface area contributed by atoms with Gasteiger partial charge in [-0.15, -0.1) is 0 Å². The van der Waals surface area contributed by atoms with Gasteiger partial charge in [-0.25, -0.2) is 0 Å². The molecule has 0 saturated carbocycles. The van der Waals surface area contributed by atoms with Crippen LogP contribution in [0.4, 0.5) is 5.69 Å². The average molecular weight is 302 g/mol. The molecule has 0 amide bonds. The fraction of sp³-hybridized carbons (Fsp3) is 0.188. The number of methoxy groups -OCH3 is 1. The summed E-state index contributed by atoms with van der Waals surface area (Å²) in [6.07, 6.45) is 0. The Kier molecular flexibility index (Phi) is 5.99. The Morgan fingerprint density at radius 1 is 1.05 bits per heavy atom. The van der Waals surface area contributed by atoms with Gasteiger partial charge in [0.15, 0.2) is 5.11 Å². The summed E-state index contributed by atoms with van der Waals surface area (Å²) >= 11 is 5.20. The summed E-state index contributed by atoms with van der Waals surface area (Å²) in [6.45, 7) is 1.28. The molecule has 110 valence electrons. The molecule has 0 heterocycles. The molecule has 2 aromatic rings. The molecule has 2 aromatic carbocycles. The van der Waals surface area contributed by atoms with E-state index in [9.17, 15) is 0 Å². The Morgan fingerprint density at radius 3 is 2.57 bits per heavy atom. The van der Waals surface area contributed by atoms with Gasteiger partial charge in [-0.1, -0.05) is 24.3 Å². The molecule has 0 saturated heterocycles. The normalized spacial score (nSPS) is 9.95. The van der Waals surface area contributed by atoms with Crippen LogP contribution in [0.5, 0.6) is 11.5 Å². The lowest BCUT2D eigenvalue weighted by Crippen LogP contribution is -2.31. The summed E-state index contributed by atoms with van der Waals surface area (Å²) < 4.78 is 10.7. The van der Waals surface area contributed by atoms with E-state index >= 15 is 0 Å². The van der Waals surface area contributed by atoms with E-state index in [1.165, 1.54) is 0 Å². The molecule has 0 unspecified atom stereocenters. The van der Waals surface area contributed by atoms with Crippen LogP contribution in [-0.4, -0.2) is 25.4 Å². The standard InChI is InChI=1S/C16H18N2O2S/c1-19-11-10-17-16(21)18-13-6-5-9-15(12-13)20-14-7-3-2-4-8-14/h2-9,12H,10-11H2,1H3,(H2,17,18,21). The smallest absolute Gasteiger partial charge is 0.170 e. The highest BCUT2D eigenvalue weighted by Crippen LogP contribution is 2.23. The number of rotatable bonds is 6. The number of hydrogen-bond acceptors (Lipinski definition) is 3. The second-order valence-electron chi connectivity index (χ2n) is 4.32.